The summed E-state index contributed by atoms with van der Waals surface area (Å²) in [7, 11) is 0. The zero-order valence-electron chi connectivity index (χ0n) is 14.2. The standard InChI is InChI=1S/C18H22N4O3/c1-12-15(11-20-22(12)14-7-9-19-10-8-14)17(23)21-16(18(24)25)13-5-3-2-4-6-13/h7-11,13,16H,2-6H2,1H3,(H,21,23)(H,24,25). The molecule has 2 aromatic rings. The van der Waals surface area contributed by atoms with Gasteiger partial charge in [-0.15, -0.1) is 0 Å². The molecule has 132 valence electrons. The van der Waals surface area contributed by atoms with Crippen LogP contribution in [-0.2, 0) is 4.79 Å². The molecule has 0 bridgehead atoms. The molecule has 0 aromatic carbocycles. The Morgan fingerprint density at radius 2 is 1.92 bits per heavy atom. The minimum absolute atomic E-state index is 0.00857. The first-order chi connectivity index (χ1) is 12.1. The summed E-state index contributed by atoms with van der Waals surface area (Å²) in [5, 5.41) is 16.5. The molecule has 1 amide bonds. The van der Waals surface area contributed by atoms with Crippen LogP contribution in [0.5, 0.6) is 0 Å². The lowest BCUT2D eigenvalue weighted by Crippen LogP contribution is -2.46. The monoisotopic (exact) mass is 342 g/mol. The van der Waals surface area contributed by atoms with E-state index in [9.17, 15) is 14.7 Å². The third kappa shape index (κ3) is 3.70. The van der Waals surface area contributed by atoms with Crippen LogP contribution >= 0.6 is 0 Å². The summed E-state index contributed by atoms with van der Waals surface area (Å²) in [4.78, 5) is 28.2. The molecule has 1 aliphatic rings. The quantitative estimate of drug-likeness (QED) is 0.869. The summed E-state index contributed by atoms with van der Waals surface area (Å²) >= 11 is 0. The summed E-state index contributed by atoms with van der Waals surface area (Å²) in [6, 6.07) is 2.74. The van der Waals surface area contributed by atoms with Crippen molar-refractivity contribution in [2.45, 2.75) is 45.1 Å². The Bertz CT molecular complexity index is 751. The Hall–Kier alpha value is -2.70. The highest BCUT2D eigenvalue weighted by atomic mass is 16.4. The van der Waals surface area contributed by atoms with Crippen LogP contribution in [0.1, 0.15) is 48.2 Å². The number of aliphatic carboxylic acids is 1. The van der Waals surface area contributed by atoms with Crippen molar-refractivity contribution in [2.75, 3.05) is 0 Å². The van der Waals surface area contributed by atoms with Gasteiger partial charge in [0.25, 0.3) is 5.91 Å². The Labute approximate surface area is 146 Å². The zero-order valence-corrected chi connectivity index (χ0v) is 14.2. The van der Waals surface area contributed by atoms with E-state index in [4.69, 9.17) is 0 Å². The van der Waals surface area contributed by atoms with Gasteiger partial charge in [-0.3, -0.25) is 9.78 Å². The van der Waals surface area contributed by atoms with Crippen molar-refractivity contribution in [1.82, 2.24) is 20.1 Å². The smallest absolute Gasteiger partial charge is 0.326 e. The fourth-order valence-electron chi connectivity index (χ4n) is 3.45. The van der Waals surface area contributed by atoms with E-state index in [-0.39, 0.29) is 5.92 Å². The second-order valence-corrected chi connectivity index (χ2v) is 6.45. The molecule has 2 aromatic heterocycles. The number of nitrogens with one attached hydrogen (secondary N) is 1. The van der Waals surface area contributed by atoms with E-state index in [0.717, 1.165) is 37.8 Å². The first-order valence-corrected chi connectivity index (χ1v) is 8.56. The van der Waals surface area contributed by atoms with Gasteiger partial charge < -0.3 is 10.4 Å². The molecule has 2 heterocycles. The van der Waals surface area contributed by atoms with Crippen LogP contribution in [0, 0.1) is 12.8 Å². The second kappa shape index (κ2) is 7.46. The summed E-state index contributed by atoms with van der Waals surface area (Å²) in [5.41, 5.74) is 1.85. The molecule has 1 atom stereocenters. The molecule has 2 N–H and O–H groups in total. The molecule has 1 fully saturated rings. The third-order valence-corrected chi connectivity index (χ3v) is 4.84. The highest BCUT2D eigenvalue weighted by Gasteiger charge is 2.31. The topological polar surface area (TPSA) is 97.1 Å². The summed E-state index contributed by atoms with van der Waals surface area (Å²) in [5.74, 6) is -1.37. The van der Waals surface area contributed by atoms with Gasteiger partial charge in [-0.25, -0.2) is 9.48 Å². The Morgan fingerprint density at radius 3 is 2.56 bits per heavy atom. The lowest BCUT2D eigenvalue weighted by molar-refractivity contribution is -0.141. The lowest BCUT2D eigenvalue weighted by atomic mass is 9.84. The molecule has 1 saturated carbocycles. The molecule has 0 radical (unpaired) electrons. The van der Waals surface area contributed by atoms with Crippen molar-refractivity contribution >= 4 is 11.9 Å². The van der Waals surface area contributed by atoms with Gasteiger partial charge in [-0.2, -0.15) is 5.10 Å². The molecule has 7 heteroatoms. The number of pyridine rings is 1. The predicted molar refractivity (Wildman–Crippen MR) is 91.6 cm³/mol. The molecular formula is C18H22N4O3. The summed E-state index contributed by atoms with van der Waals surface area (Å²) < 4.78 is 1.65. The van der Waals surface area contributed by atoms with Gasteiger partial charge in [0, 0.05) is 12.4 Å². The van der Waals surface area contributed by atoms with Crippen LogP contribution in [-0.4, -0.2) is 37.8 Å². The van der Waals surface area contributed by atoms with Crippen LogP contribution in [0.2, 0.25) is 0 Å². The van der Waals surface area contributed by atoms with Gasteiger partial charge >= 0.3 is 5.97 Å². The predicted octanol–water partition coefficient (Wildman–Crippen LogP) is 2.34. The normalized spacial score (nSPS) is 16.4. The average molecular weight is 342 g/mol. The molecule has 0 spiro atoms. The van der Waals surface area contributed by atoms with Gasteiger partial charge in [-0.1, -0.05) is 19.3 Å². The minimum atomic E-state index is -0.973. The lowest BCUT2D eigenvalue weighted by Gasteiger charge is -2.28. The van der Waals surface area contributed by atoms with E-state index < -0.39 is 17.9 Å². The minimum Gasteiger partial charge on any atom is -0.480 e. The fourth-order valence-corrected chi connectivity index (χ4v) is 3.45. The van der Waals surface area contributed by atoms with Crippen molar-refractivity contribution < 1.29 is 14.7 Å². The van der Waals surface area contributed by atoms with Crippen LogP contribution in [0.15, 0.2) is 30.7 Å². The van der Waals surface area contributed by atoms with Crippen LogP contribution < -0.4 is 5.32 Å². The maximum atomic E-state index is 12.6. The van der Waals surface area contributed by atoms with E-state index in [1.165, 1.54) is 6.20 Å². The molecular weight excluding hydrogens is 320 g/mol. The van der Waals surface area contributed by atoms with E-state index in [1.54, 1.807) is 36.1 Å². The van der Waals surface area contributed by atoms with Gasteiger partial charge in [0.05, 0.1) is 23.1 Å². The number of hydrogen-bond acceptors (Lipinski definition) is 4. The van der Waals surface area contributed by atoms with Crippen molar-refractivity contribution in [3.63, 3.8) is 0 Å². The Kier molecular flexibility index (Phi) is 5.11. The largest absolute Gasteiger partial charge is 0.480 e. The van der Waals surface area contributed by atoms with Crippen LogP contribution in [0.3, 0.4) is 0 Å². The summed E-state index contributed by atoms with van der Waals surface area (Å²) in [6.45, 7) is 1.79. The number of rotatable bonds is 5. The van der Waals surface area contributed by atoms with Crippen molar-refractivity contribution in [3.8, 4) is 5.69 Å². The summed E-state index contributed by atoms with van der Waals surface area (Å²) in [6.07, 6.45) is 9.63. The number of aromatic nitrogens is 3. The highest BCUT2D eigenvalue weighted by molar-refractivity contribution is 5.97. The van der Waals surface area contributed by atoms with Crippen LogP contribution in [0.25, 0.3) is 5.69 Å². The molecule has 1 aliphatic carbocycles. The number of carboxylic acids is 1. The van der Waals surface area contributed by atoms with E-state index in [1.807, 2.05) is 0 Å². The number of hydrogen-bond donors (Lipinski definition) is 2. The molecule has 0 aliphatic heterocycles. The molecule has 1 unspecified atom stereocenters. The Morgan fingerprint density at radius 1 is 1.24 bits per heavy atom. The van der Waals surface area contributed by atoms with Gasteiger partial charge in [0.2, 0.25) is 0 Å². The molecule has 0 saturated heterocycles. The number of amides is 1. The third-order valence-electron chi connectivity index (χ3n) is 4.84. The van der Waals surface area contributed by atoms with Gasteiger partial charge in [0.15, 0.2) is 0 Å². The fraction of sp³-hybridized carbons (Fsp3) is 0.444. The second-order valence-electron chi connectivity index (χ2n) is 6.45. The van der Waals surface area contributed by atoms with E-state index >= 15 is 0 Å². The van der Waals surface area contributed by atoms with E-state index in [2.05, 4.69) is 15.4 Å². The van der Waals surface area contributed by atoms with E-state index in [0.29, 0.717) is 11.3 Å². The first-order valence-electron chi connectivity index (χ1n) is 8.56. The maximum absolute atomic E-state index is 12.6. The first kappa shape index (κ1) is 17.1. The van der Waals surface area contributed by atoms with Crippen LogP contribution in [0.4, 0.5) is 0 Å². The van der Waals surface area contributed by atoms with Crippen molar-refractivity contribution in [3.05, 3.63) is 42.0 Å². The average Bonchev–Trinajstić information content (AvgIpc) is 3.02. The molecule has 7 nitrogen and oxygen atoms in total. The number of carbonyl (C=O) groups excluding carboxylic acids is 1. The van der Waals surface area contributed by atoms with Crippen molar-refractivity contribution in [2.24, 2.45) is 5.92 Å². The van der Waals surface area contributed by atoms with Gasteiger partial charge in [0.1, 0.15) is 6.04 Å². The maximum Gasteiger partial charge on any atom is 0.326 e. The number of nitrogens with zero attached hydrogens (tertiary/aromatic N) is 3. The van der Waals surface area contributed by atoms with Crippen molar-refractivity contribution in [1.29, 1.82) is 0 Å². The SMILES string of the molecule is Cc1c(C(=O)NC(C(=O)O)C2CCCCC2)cnn1-c1ccncc1. The molecule has 3 rings (SSSR count). The zero-order chi connectivity index (χ0) is 17.8. The number of carbonyl (C=O) groups is 2. The van der Waals surface area contributed by atoms with Gasteiger partial charge in [-0.05, 0) is 37.8 Å². The highest BCUT2D eigenvalue weighted by Crippen LogP contribution is 2.27. The molecule has 25 heavy (non-hydrogen) atoms. The Balaban J connectivity index is 1.78. The number of carboxylic acid groups (broad SMARTS) is 1.